The number of carbonyl (C=O) groups excluding carboxylic acids is 1. The van der Waals surface area contributed by atoms with Gasteiger partial charge in [0.05, 0.1) is 5.56 Å². The van der Waals surface area contributed by atoms with Gasteiger partial charge < -0.3 is 15.3 Å². The Hall–Kier alpha value is -1.62. The van der Waals surface area contributed by atoms with Crippen molar-refractivity contribution >= 4 is 5.91 Å². The zero-order valence-electron chi connectivity index (χ0n) is 11.3. The van der Waals surface area contributed by atoms with Crippen LogP contribution in [0.3, 0.4) is 0 Å². The Bertz CT molecular complexity index is 515. The molecule has 1 aromatic carbocycles. The summed E-state index contributed by atoms with van der Waals surface area (Å²) in [5.41, 5.74) is 0.0647. The molecule has 4 nitrogen and oxygen atoms in total. The Kier molecular flexibility index (Phi) is 3.61. The highest BCUT2D eigenvalue weighted by Crippen LogP contribution is 2.28. The van der Waals surface area contributed by atoms with Crippen LogP contribution in [-0.2, 0) is 0 Å². The van der Waals surface area contributed by atoms with Gasteiger partial charge in [0.2, 0.25) is 0 Å². The van der Waals surface area contributed by atoms with Gasteiger partial charge in [-0.3, -0.25) is 4.79 Å². The van der Waals surface area contributed by atoms with Crippen LogP contribution in [0.2, 0.25) is 0 Å². The summed E-state index contributed by atoms with van der Waals surface area (Å²) < 4.78 is 13.3. The summed E-state index contributed by atoms with van der Waals surface area (Å²) in [7, 11) is 0. The molecule has 0 bridgehead atoms. The molecule has 0 saturated carbocycles. The third-order valence-electron chi connectivity index (χ3n) is 4.31. The van der Waals surface area contributed by atoms with Crippen LogP contribution < -0.4 is 5.32 Å². The summed E-state index contributed by atoms with van der Waals surface area (Å²) in [5.74, 6) is -0.916. The lowest BCUT2D eigenvalue weighted by Gasteiger charge is -2.29. The number of amides is 1. The standard InChI is InChI=1S/C15H19FN2O2/c16-10-5-6-14(19)11(9-10)15(20)18-8-2-4-13(18)12-3-1-7-17-12/h5-6,9,12-13,17,19H,1-4,7-8H2. The first-order valence-electron chi connectivity index (χ1n) is 7.19. The molecule has 108 valence electrons. The van der Waals surface area contributed by atoms with Gasteiger partial charge in [-0.15, -0.1) is 0 Å². The Labute approximate surface area is 117 Å². The zero-order valence-corrected chi connectivity index (χ0v) is 11.3. The van der Waals surface area contributed by atoms with E-state index in [-0.39, 0.29) is 23.3 Å². The lowest BCUT2D eigenvalue weighted by Crippen LogP contribution is -2.46. The Balaban J connectivity index is 1.83. The summed E-state index contributed by atoms with van der Waals surface area (Å²) in [6.45, 7) is 1.67. The van der Waals surface area contributed by atoms with Crippen molar-refractivity contribution in [3.63, 3.8) is 0 Å². The third kappa shape index (κ3) is 2.38. The monoisotopic (exact) mass is 278 g/mol. The normalized spacial score (nSPS) is 26.1. The first-order chi connectivity index (χ1) is 9.66. The second-order valence-corrected chi connectivity index (χ2v) is 5.57. The molecule has 2 aliphatic rings. The molecule has 0 aliphatic carbocycles. The topological polar surface area (TPSA) is 52.6 Å². The molecular formula is C15H19FN2O2. The van der Waals surface area contributed by atoms with Gasteiger partial charge in [0, 0.05) is 18.6 Å². The van der Waals surface area contributed by atoms with Gasteiger partial charge in [0.15, 0.2) is 0 Å². The number of halogens is 1. The molecule has 2 N–H and O–H groups in total. The lowest BCUT2D eigenvalue weighted by atomic mass is 10.0. The average molecular weight is 278 g/mol. The van der Waals surface area contributed by atoms with Gasteiger partial charge in [-0.05, 0) is 50.4 Å². The highest BCUT2D eigenvalue weighted by Gasteiger charge is 2.36. The van der Waals surface area contributed by atoms with E-state index in [1.54, 1.807) is 4.90 Å². The molecule has 0 aromatic heterocycles. The van der Waals surface area contributed by atoms with Crippen molar-refractivity contribution in [2.45, 2.75) is 37.8 Å². The van der Waals surface area contributed by atoms with Crippen LogP contribution in [0.5, 0.6) is 5.75 Å². The zero-order chi connectivity index (χ0) is 14.1. The van der Waals surface area contributed by atoms with Crippen LogP contribution in [0, 0.1) is 5.82 Å². The van der Waals surface area contributed by atoms with Crippen LogP contribution >= 0.6 is 0 Å². The number of nitrogens with one attached hydrogen (secondary N) is 1. The maximum Gasteiger partial charge on any atom is 0.258 e. The minimum Gasteiger partial charge on any atom is -0.507 e. The molecule has 0 radical (unpaired) electrons. The number of rotatable bonds is 2. The fraction of sp³-hybridized carbons (Fsp3) is 0.533. The maximum atomic E-state index is 13.3. The summed E-state index contributed by atoms with van der Waals surface area (Å²) >= 11 is 0. The van der Waals surface area contributed by atoms with Crippen LogP contribution in [0.1, 0.15) is 36.0 Å². The van der Waals surface area contributed by atoms with Gasteiger partial charge in [0.1, 0.15) is 11.6 Å². The molecule has 1 aromatic rings. The fourth-order valence-electron chi connectivity index (χ4n) is 3.34. The highest BCUT2D eigenvalue weighted by atomic mass is 19.1. The van der Waals surface area contributed by atoms with Crippen LogP contribution in [-0.4, -0.2) is 41.1 Å². The molecule has 5 heteroatoms. The molecule has 2 unspecified atom stereocenters. The molecule has 2 saturated heterocycles. The number of hydrogen-bond acceptors (Lipinski definition) is 3. The van der Waals surface area contributed by atoms with E-state index in [1.165, 1.54) is 6.07 Å². The first kappa shape index (κ1) is 13.4. The van der Waals surface area contributed by atoms with Gasteiger partial charge in [-0.2, -0.15) is 0 Å². The second kappa shape index (κ2) is 5.40. The average Bonchev–Trinajstić information content (AvgIpc) is 3.10. The molecule has 2 heterocycles. The summed E-state index contributed by atoms with van der Waals surface area (Å²) in [4.78, 5) is 14.3. The van der Waals surface area contributed by atoms with E-state index in [2.05, 4.69) is 5.32 Å². The quantitative estimate of drug-likeness (QED) is 0.868. The molecule has 0 spiro atoms. The van der Waals surface area contributed by atoms with E-state index in [9.17, 15) is 14.3 Å². The number of phenolic OH excluding ortho intramolecular Hbond substituents is 1. The van der Waals surface area contributed by atoms with Crippen molar-refractivity contribution < 1.29 is 14.3 Å². The van der Waals surface area contributed by atoms with Crippen LogP contribution in [0.4, 0.5) is 4.39 Å². The molecule has 2 aliphatic heterocycles. The third-order valence-corrected chi connectivity index (χ3v) is 4.31. The SMILES string of the molecule is O=C(c1cc(F)ccc1O)N1CCCC1C1CCCN1. The summed E-state index contributed by atoms with van der Waals surface area (Å²) in [6, 6.07) is 4.01. The van der Waals surface area contributed by atoms with E-state index >= 15 is 0 Å². The van der Waals surface area contributed by atoms with Crippen LogP contribution in [0.25, 0.3) is 0 Å². The van der Waals surface area contributed by atoms with Crippen LogP contribution in [0.15, 0.2) is 18.2 Å². The van der Waals surface area contributed by atoms with Gasteiger partial charge in [-0.25, -0.2) is 4.39 Å². The summed E-state index contributed by atoms with van der Waals surface area (Å²) in [6.07, 6.45) is 4.14. The second-order valence-electron chi connectivity index (χ2n) is 5.57. The van der Waals surface area contributed by atoms with Gasteiger partial charge in [-0.1, -0.05) is 0 Å². The molecule has 1 amide bonds. The van der Waals surface area contributed by atoms with E-state index in [0.29, 0.717) is 12.6 Å². The maximum absolute atomic E-state index is 13.3. The number of nitrogens with zero attached hydrogens (tertiary/aromatic N) is 1. The summed E-state index contributed by atoms with van der Waals surface area (Å²) in [5, 5.41) is 13.2. The van der Waals surface area contributed by atoms with E-state index in [4.69, 9.17) is 0 Å². The number of carbonyl (C=O) groups is 1. The first-order valence-corrected chi connectivity index (χ1v) is 7.19. The Morgan fingerprint density at radius 1 is 1.35 bits per heavy atom. The van der Waals surface area contributed by atoms with Crippen molar-refractivity contribution in [3.8, 4) is 5.75 Å². The fourth-order valence-corrected chi connectivity index (χ4v) is 3.34. The van der Waals surface area contributed by atoms with E-state index in [1.807, 2.05) is 0 Å². The smallest absolute Gasteiger partial charge is 0.258 e. The van der Waals surface area contributed by atoms with Crippen molar-refractivity contribution in [1.82, 2.24) is 10.2 Å². The van der Waals surface area contributed by atoms with Crippen molar-refractivity contribution in [2.75, 3.05) is 13.1 Å². The Morgan fingerprint density at radius 2 is 2.20 bits per heavy atom. The number of aromatic hydroxyl groups is 1. The number of likely N-dealkylation sites (tertiary alicyclic amines) is 1. The van der Waals surface area contributed by atoms with E-state index in [0.717, 1.165) is 44.4 Å². The Morgan fingerprint density at radius 3 is 2.95 bits per heavy atom. The van der Waals surface area contributed by atoms with Crippen molar-refractivity contribution in [3.05, 3.63) is 29.6 Å². The minimum absolute atomic E-state index is 0.0647. The molecular weight excluding hydrogens is 259 g/mol. The molecule has 3 rings (SSSR count). The largest absolute Gasteiger partial charge is 0.507 e. The van der Waals surface area contributed by atoms with E-state index < -0.39 is 5.82 Å². The number of hydrogen-bond donors (Lipinski definition) is 2. The van der Waals surface area contributed by atoms with Crippen molar-refractivity contribution in [2.24, 2.45) is 0 Å². The van der Waals surface area contributed by atoms with Crippen molar-refractivity contribution in [1.29, 1.82) is 0 Å². The molecule has 20 heavy (non-hydrogen) atoms. The van der Waals surface area contributed by atoms with Gasteiger partial charge in [0.25, 0.3) is 5.91 Å². The molecule has 2 atom stereocenters. The molecule has 2 fully saturated rings. The number of phenols is 1. The number of benzene rings is 1. The predicted octanol–water partition coefficient (Wildman–Crippen LogP) is 1.89. The predicted molar refractivity (Wildman–Crippen MR) is 73.1 cm³/mol. The highest BCUT2D eigenvalue weighted by molar-refractivity contribution is 5.97. The lowest BCUT2D eigenvalue weighted by molar-refractivity contribution is 0.0708. The van der Waals surface area contributed by atoms with Gasteiger partial charge >= 0.3 is 0 Å². The minimum atomic E-state index is -0.499.